The molecule has 0 fully saturated rings. The molecule has 1 aromatic rings. The minimum Gasteiger partial charge on any atom is -0.493 e. The van der Waals surface area contributed by atoms with Crippen LogP contribution in [0.5, 0.6) is 11.5 Å². The van der Waals surface area contributed by atoms with Gasteiger partial charge >= 0.3 is 5.97 Å². The summed E-state index contributed by atoms with van der Waals surface area (Å²) in [5.74, 6) is -2.08. The fourth-order valence-corrected chi connectivity index (χ4v) is 1.82. The Morgan fingerprint density at radius 2 is 1.95 bits per heavy atom. The number of hydrogen-bond acceptors (Lipinski definition) is 7. The smallest absolute Gasteiger partial charge is 0.379 e. The third-order valence-electron chi connectivity index (χ3n) is 2.63. The molecule has 0 amide bonds. The monoisotopic (exact) mass is 375 g/mol. The number of rotatable bonds is 8. The minimum absolute atomic E-state index is 0.118. The molecule has 9 heteroatoms. The molecule has 0 aromatic heterocycles. The van der Waals surface area contributed by atoms with Gasteiger partial charge in [-0.25, -0.2) is 4.79 Å². The summed E-state index contributed by atoms with van der Waals surface area (Å²) in [5.41, 5.74) is -0.966. The molecule has 0 aliphatic rings. The van der Waals surface area contributed by atoms with Crippen LogP contribution >= 0.6 is 15.9 Å². The number of Topliss-reactive ketones (excluding diaryl/α,β-unsaturated/α-hetero) is 1. The molecule has 0 bridgehead atoms. The maximum Gasteiger partial charge on any atom is 0.379 e. The van der Waals surface area contributed by atoms with Gasteiger partial charge in [0.1, 0.15) is 5.56 Å². The number of nitro groups is 1. The highest BCUT2D eigenvalue weighted by atomic mass is 79.9. The van der Waals surface area contributed by atoms with E-state index in [9.17, 15) is 19.7 Å². The average molecular weight is 376 g/mol. The van der Waals surface area contributed by atoms with E-state index in [1.807, 2.05) is 0 Å². The van der Waals surface area contributed by atoms with Gasteiger partial charge in [-0.1, -0.05) is 15.9 Å². The van der Waals surface area contributed by atoms with E-state index in [4.69, 9.17) is 9.47 Å². The van der Waals surface area contributed by atoms with Gasteiger partial charge in [0.05, 0.1) is 31.8 Å². The standard InChI is InChI=1S/C13H14BrNO7/c1-20-10-6-8(12(16)13(17)21-2)9(15(18)19)7-11(10)22-5-3-4-14/h6-7H,3-5H2,1-2H3. The van der Waals surface area contributed by atoms with E-state index in [0.717, 1.165) is 19.2 Å². The Labute approximate surface area is 134 Å². The summed E-state index contributed by atoms with van der Waals surface area (Å²) < 4.78 is 14.7. The molecular weight excluding hydrogens is 362 g/mol. The number of nitrogens with zero attached hydrogens (tertiary/aromatic N) is 1. The molecule has 0 heterocycles. The Morgan fingerprint density at radius 3 is 2.45 bits per heavy atom. The highest BCUT2D eigenvalue weighted by Gasteiger charge is 2.29. The second-order valence-electron chi connectivity index (χ2n) is 3.99. The van der Waals surface area contributed by atoms with Crippen molar-refractivity contribution >= 4 is 33.4 Å². The molecule has 0 N–H and O–H groups in total. The van der Waals surface area contributed by atoms with Crippen LogP contribution in [0.25, 0.3) is 0 Å². The molecule has 0 saturated carbocycles. The molecule has 1 rings (SSSR count). The number of ketones is 1. The van der Waals surface area contributed by atoms with Crippen molar-refractivity contribution in [3.63, 3.8) is 0 Å². The number of carbonyl (C=O) groups excluding carboxylic acids is 2. The van der Waals surface area contributed by atoms with Crippen molar-refractivity contribution in [2.24, 2.45) is 0 Å². The zero-order chi connectivity index (χ0) is 16.7. The van der Waals surface area contributed by atoms with Gasteiger partial charge in [0.15, 0.2) is 11.5 Å². The minimum atomic E-state index is -1.20. The van der Waals surface area contributed by atoms with Crippen LogP contribution in [0.3, 0.4) is 0 Å². The fraction of sp³-hybridized carbons (Fsp3) is 0.385. The van der Waals surface area contributed by atoms with Gasteiger partial charge in [-0.05, 0) is 6.42 Å². The van der Waals surface area contributed by atoms with Crippen LogP contribution in [0.2, 0.25) is 0 Å². The van der Waals surface area contributed by atoms with Gasteiger partial charge in [-0.15, -0.1) is 0 Å². The third kappa shape index (κ3) is 4.17. The van der Waals surface area contributed by atoms with Gasteiger partial charge in [0.2, 0.25) is 0 Å². The summed E-state index contributed by atoms with van der Waals surface area (Å²) in [6.45, 7) is 0.309. The molecule has 0 saturated heterocycles. The van der Waals surface area contributed by atoms with E-state index in [1.165, 1.54) is 7.11 Å². The predicted octanol–water partition coefficient (Wildman–Crippen LogP) is 2.12. The Kier molecular flexibility index (Phi) is 6.77. The largest absolute Gasteiger partial charge is 0.493 e. The molecule has 0 unspecified atom stereocenters. The Hall–Kier alpha value is -2.16. The van der Waals surface area contributed by atoms with Crippen molar-refractivity contribution in [2.45, 2.75) is 6.42 Å². The second-order valence-corrected chi connectivity index (χ2v) is 4.78. The first-order valence-corrected chi connectivity index (χ1v) is 7.26. The highest BCUT2D eigenvalue weighted by Crippen LogP contribution is 2.35. The molecule has 22 heavy (non-hydrogen) atoms. The van der Waals surface area contributed by atoms with E-state index in [0.29, 0.717) is 18.4 Å². The predicted molar refractivity (Wildman–Crippen MR) is 79.9 cm³/mol. The number of hydrogen-bond donors (Lipinski definition) is 0. The Bertz CT molecular complexity index is 588. The van der Waals surface area contributed by atoms with E-state index >= 15 is 0 Å². The number of carbonyl (C=O) groups is 2. The van der Waals surface area contributed by atoms with Crippen LogP contribution < -0.4 is 9.47 Å². The van der Waals surface area contributed by atoms with E-state index in [-0.39, 0.29) is 11.5 Å². The first-order chi connectivity index (χ1) is 10.5. The number of ether oxygens (including phenoxy) is 3. The van der Waals surface area contributed by atoms with Gasteiger partial charge in [-0.2, -0.15) is 0 Å². The van der Waals surface area contributed by atoms with Gasteiger partial charge in [0.25, 0.3) is 11.5 Å². The van der Waals surface area contributed by atoms with E-state index in [1.54, 1.807) is 0 Å². The number of methoxy groups -OCH3 is 2. The SMILES string of the molecule is COC(=O)C(=O)c1cc(OC)c(OCCCBr)cc1[N+](=O)[O-]. The Balaban J connectivity index is 3.30. The summed E-state index contributed by atoms with van der Waals surface area (Å²) >= 11 is 3.24. The lowest BCUT2D eigenvalue weighted by Gasteiger charge is -2.11. The average Bonchev–Trinajstić information content (AvgIpc) is 2.52. The van der Waals surface area contributed by atoms with Crippen molar-refractivity contribution in [3.05, 3.63) is 27.8 Å². The molecule has 0 aliphatic heterocycles. The molecule has 8 nitrogen and oxygen atoms in total. The van der Waals surface area contributed by atoms with Crippen molar-refractivity contribution in [1.82, 2.24) is 0 Å². The van der Waals surface area contributed by atoms with Crippen LogP contribution in [0, 0.1) is 10.1 Å². The highest BCUT2D eigenvalue weighted by molar-refractivity contribution is 9.09. The molecule has 0 aliphatic carbocycles. The fourth-order valence-electron chi connectivity index (χ4n) is 1.59. The zero-order valence-electron chi connectivity index (χ0n) is 12.0. The molecular formula is C13H14BrNO7. The van der Waals surface area contributed by atoms with Crippen LogP contribution in [0.15, 0.2) is 12.1 Å². The first kappa shape index (κ1) is 17.9. The summed E-state index contributed by atoms with van der Waals surface area (Å²) in [6, 6.07) is 2.16. The lowest BCUT2D eigenvalue weighted by atomic mass is 10.1. The summed E-state index contributed by atoms with van der Waals surface area (Å²) in [6.07, 6.45) is 0.680. The maximum atomic E-state index is 11.9. The van der Waals surface area contributed by atoms with E-state index < -0.39 is 27.9 Å². The van der Waals surface area contributed by atoms with Crippen molar-refractivity contribution in [3.8, 4) is 11.5 Å². The van der Waals surface area contributed by atoms with Crippen LogP contribution in [-0.4, -0.2) is 42.8 Å². The summed E-state index contributed by atoms with van der Waals surface area (Å²) in [5, 5.41) is 11.8. The van der Waals surface area contributed by atoms with Gasteiger partial charge in [-0.3, -0.25) is 14.9 Å². The molecule has 0 spiro atoms. The molecule has 120 valence electrons. The van der Waals surface area contributed by atoms with Gasteiger partial charge in [0, 0.05) is 11.4 Å². The van der Waals surface area contributed by atoms with Crippen LogP contribution in [0.1, 0.15) is 16.8 Å². The van der Waals surface area contributed by atoms with Crippen molar-refractivity contribution in [1.29, 1.82) is 0 Å². The lowest BCUT2D eigenvalue weighted by Crippen LogP contribution is -2.17. The summed E-state index contributed by atoms with van der Waals surface area (Å²) in [7, 11) is 2.34. The second kappa shape index (κ2) is 8.32. The molecule has 0 radical (unpaired) electrons. The lowest BCUT2D eigenvalue weighted by molar-refractivity contribution is -0.385. The number of halogens is 1. The van der Waals surface area contributed by atoms with Crippen molar-refractivity contribution in [2.75, 3.05) is 26.2 Å². The molecule has 0 atom stereocenters. The van der Waals surface area contributed by atoms with Crippen LogP contribution in [-0.2, 0) is 9.53 Å². The summed E-state index contributed by atoms with van der Waals surface area (Å²) in [4.78, 5) is 33.5. The topological polar surface area (TPSA) is 105 Å². The Morgan fingerprint density at radius 1 is 1.27 bits per heavy atom. The number of nitro benzene ring substituents is 1. The third-order valence-corrected chi connectivity index (χ3v) is 3.19. The zero-order valence-corrected chi connectivity index (χ0v) is 13.5. The quantitative estimate of drug-likeness (QED) is 0.130. The van der Waals surface area contributed by atoms with Gasteiger partial charge < -0.3 is 14.2 Å². The molecule has 1 aromatic carbocycles. The van der Waals surface area contributed by atoms with Crippen LogP contribution in [0.4, 0.5) is 5.69 Å². The van der Waals surface area contributed by atoms with Crippen molar-refractivity contribution < 1.29 is 28.7 Å². The number of esters is 1. The first-order valence-electron chi connectivity index (χ1n) is 6.14. The normalized spacial score (nSPS) is 9.95. The van der Waals surface area contributed by atoms with E-state index in [2.05, 4.69) is 20.7 Å². The number of alkyl halides is 1. The maximum absolute atomic E-state index is 11.9. The number of benzene rings is 1.